The van der Waals surface area contributed by atoms with Gasteiger partial charge in [0.05, 0.1) is 0 Å². The minimum atomic E-state index is 0.572. The van der Waals surface area contributed by atoms with E-state index < -0.39 is 0 Å². The van der Waals surface area contributed by atoms with Crippen LogP contribution in [0.5, 0.6) is 0 Å². The third kappa shape index (κ3) is 2.47. The number of carbonyl (C=O) groups excluding carboxylic acids is 1. The molecule has 0 aromatic carbocycles. The van der Waals surface area contributed by atoms with Crippen LogP contribution in [0.4, 0.5) is 5.82 Å². The highest BCUT2D eigenvalue weighted by Gasteiger charge is 2.31. The van der Waals surface area contributed by atoms with E-state index in [4.69, 9.17) is 0 Å². The third-order valence-corrected chi connectivity index (χ3v) is 3.47. The summed E-state index contributed by atoms with van der Waals surface area (Å²) in [6.07, 6.45) is 2.46. The fourth-order valence-electron chi connectivity index (χ4n) is 2.46. The molecule has 0 spiro atoms. The van der Waals surface area contributed by atoms with E-state index in [0.717, 1.165) is 25.2 Å². The van der Waals surface area contributed by atoms with Crippen molar-refractivity contribution in [2.45, 2.75) is 13.0 Å². The van der Waals surface area contributed by atoms with Gasteiger partial charge in [0.2, 0.25) is 0 Å². The molecule has 2 atom stereocenters. The fraction of sp³-hybridized carbons (Fsp3) is 0.538. The van der Waals surface area contributed by atoms with Gasteiger partial charge in [-0.05, 0) is 32.1 Å². The van der Waals surface area contributed by atoms with Crippen LogP contribution < -0.4 is 4.90 Å². The van der Waals surface area contributed by atoms with Crippen LogP contribution in [-0.2, 0) is 0 Å². The summed E-state index contributed by atoms with van der Waals surface area (Å²) < 4.78 is 0. The van der Waals surface area contributed by atoms with Crippen molar-refractivity contribution in [2.75, 3.05) is 32.1 Å². The molecule has 4 heteroatoms. The van der Waals surface area contributed by atoms with Crippen LogP contribution in [0, 0.1) is 5.92 Å². The monoisotopic (exact) mass is 233 g/mol. The number of carbonyl (C=O) groups is 1. The molecule has 0 bridgehead atoms. The Labute approximate surface area is 102 Å². The number of anilines is 1. The molecule has 2 heterocycles. The summed E-state index contributed by atoms with van der Waals surface area (Å²) in [5, 5.41) is 0. The Bertz CT molecular complexity index is 388. The lowest BCUT2D eigenvalue weighted by Gasteiger charge is -2.22. The van der Waals surface area contributed by atoms with E-state index in [1.807, 2.05) is 12.1 Å². The molecule has 1 aromatic heterocycles. The highest BCUT2D eigenvalue weighted by atomic mass is 16.1. The first kappa shape index (κ1) is 12.0. The van der Waals surface area contributed by atoms with E-state index in [1.165, 1.54) is 0 Å². The molecule has 1 saturated heterocycles. The summed E-state index contributed by atoms with van der Waals surface area (Å²) in [5.41, 5.74) is 0.630. The van der Waals surface area contributed by atoms with Crippen molar-refractivity contribution in [1.29, 1.82) is 0 Å². The molecule has 1 aromatic rings. The molecule has 1 aliphatic heterocycles. The van der Waals surface area contributed by atoms with Gasteiger partial charge in [0.1, 0.15) is 5.82 Å². The highest BCUT2D eigenvalue weighted by Crippen LogP contribution is 2.24. The maximum atomic E-state index is 10.6. The topological polar surface area (TPSA) is 36.4 Å². The van der Waals surface area contributed by atoms with Crippen LogP contribution >= 0.6 is 0 Å². The van der Waals surface area contributed by atoms with Gasteiger partial charge in [-0.2, -0.15) is 0 Å². The Morgan fingerprint density at radius 3 is 2.65 bits per heavy atom. The number of hydrogen-bond donors (Lipinski definition) is 0. The maximum Gasteiger partial charge on any atom is 0.151 e. The molecule has 1 fully saturated rings. The second kappa shape index (κ2) is 4.84. The molecule has 0 radical (unpaired) electrons. The molecule has 4 nitrogen and oxygen atoms in total. The summed E-state index contributed by atoms with van der Waals surface area (Å²) in [4.78, 5) is 19.5. The van der Waals surface area contributed by atoms with Crippen molar-refractivity contribution in [2.24, 2.45) is 5.92 Å². The van der Waals surface area contributed by atoms with Gasteiger partial charge < -0.3 is 9.80 Å². The van der Waals surface area contributed by atoms with E-state index in [1.54, 1.807) is 6.20 Å². The molecule has 0 amide bonds. The molecular formula is C13H19N3O. The van der Waals surface area contributed by atoms with E-state index in [0.29, 0.717) is 17.5 Å². The summed E-state index contributed by atoms with van der Waals surface area (Å²) >= 11 is 0. The number of aldehydes is 1. The average molecular weight is 233 g/mol. The van der Waals surface area contributed by atoms with Crippen molar-refractivity contribution in [3.63, 3.8) is 0 Å². The van der Waals surface area contributed by atoms with Gasteiger partial charge >= 0.3 is 0 Å². The third-order valence-electron chi connectivity index (χ3n) is 3.47. The first-order valence-corrected chi connectivity index (χ1v) is 5.94. The van der Waals surface area contributed by atoms with Gasteiger partial charge in [-0.25, -0.2) is 4.98 Å². The Morgan fingerprint density at radius 2 is 2.18 bits per heavy atom. The normalized spacial score (nSPS) is 24.4. The van der Waals surface area contributed by atoms with Crippen molar-refractivity contribution >= 4 is 12.1 Å². The van der Waals surface area contributed by atoms with Crippen LogP contribution in [0.25, 0.3) is 0 Å². The molecule has 0 N–H and O–H groups in total. The number of nitrogens with zero attached hydrogens (tertiary/aromatic N) is 3. The Kier molecular flexibility index (Phi) is 3.43. The van der Waals surface area contributed by atoms with Gasteiger partial charge in [0.15, 0.2) is 6.29 Å². The van der Waals surface area contributed by atoms with Crippen molar-refractivity contribution < 1.29 is 4.79 Å². The summed E-state index contributed by atoms with van der Waals surface area (Å²) in [5.74, 6) is 1.60. The lowest BCUT2D eigenvalue weighted by molar-refractivity contribution is 0.112. The van der Waals surface area contributed by atoms with Gasteiger partial charge in [0.25, 0.3) is 0 Å². The second-order valence-corrected chi connectivity index (χ2v) is 4.98. The number of rotatable bonds is 3. The zero-order valence-electron chi connectivity index (χ0n) is 10.6. The second-order valence-electron chi connectivity index (χ2n) is 4.98. The maximum absolute atomic E-state index is 10.6. The van der Waals surface area contributed by atoms with Crippen LogP contribution in [0.2, 0.25) is 0 Å². The highest BCUT2D eigenvalue weighted by molar-refractivity contribution is 5.74. The minimum absolute atomic E-state index is 0.572. The Balaban J connectivity index is 2.11. The van der Waals surface area contributed by atoms with Crippen molar-refractivity contribution in [3.8, 4) is 0 Å². The first-order chi connectivity index (χ1) is 8.11. The van der Waals surface area contributed by atoms with Gasteiger partial charge in [0, 0.05) is 30.9 Å². The van der Waals surface area contributed by atoms with Crippen molar-refractivity contribution in [3.05, 3.63) is 23.9 Å². The van der Waals surface area contributed by atoms with Gasteiger partial charge in [-0.3, -0.25) is 4.79 Å². The van der Waals surface area contributed by atoms with E-state index in [-0.39, 0.29) is 0 Å². The molecule has 1 aliphatic rings. The molecule has 0 aliphatic carbocycles. The Hall–Kier alpha value is -1.42. The zero-order valence-corrected chi connectivity index (χ0v) is 10.6. The van der Waals surface area contributed by atoms with Gasteiger partial charge in [-0.15, -0.1) is 0 Å². The summed E-state index contributed by atoms with van der Waals surface area (Å²) in [6, 6.07) is 4.32. The largest absolute Gasteiger partial charge is 0.355 e. The quantitative estimate of drug-likeness (QED) is 0.737. The number of likely N-dealkylation sites (N-methyl/N-ethyl adjacent to an activating group) is 1. The lowest BCUT2D eigenvalue weighted by Crippen LogP contribution is -2.34. The summed E-state index contributed by atoms with van der Waals surface area (Å²) in [6.45, 7) is 4.29. The molecular weight excluding hydrogens is 214 g/mol. The lowest BCUT2D eigenvalue weighted by atomic mass is 10.1. The minimum Gasteiger partial charge on any atom is -0.355 e. The van der Waals surface area contributed by atoms with Crippen LogP contribution in [0.15, 0.2) is 18.3 Å². The van der Waals surface area contributed by atoms with Gasteiger partial charge in [-0.1, -0.05) is 6.92 Å². The molecule has 92 valence electrons. The SMILES string of the molecule is CC1CN(c2ccc(C=O)cn2)CC1N(C)C. The molecule has 0 saturated carbocycles. The van der Waals surface area contributed by atoms with E-state index in [2.05, 4.69) is 35.8 Å². The smallest absolute Gasteiger partial charge is 0.151 e. The van der Waals surface area contributed by atoms with Crippen LogP contribution in [-0.4, -0.2) is 49.4 Å². The predicted octanol–water partition coefficient (Wildman–Crippen LogP) is 1.28. The Morgan fingerprint density at radius 1 is 1.41 bits per heavy atom. The molecule has 17 heavy (non-hydrogen) atoms. The number of hydrogen-bond acceptors (Lipinski definition) is 4. The zero-order chi connectivity index (χ0) is 12.4. The van der Waals surface area contributed by atoms with E-state index in [9.17, 15) is 4.79 Å². The van der Waals surface area contributed by atoms with Crippen LogP contribution in [0.3, 0.4) is 0 Å². The summed E-state index contributed by atoms with van der Waals surface area (Å²) in [7, 11) is 4.24. The molecule has 2 rings (SSSR count). The molecule has 2 unspecified atom stereocenters. The first-order valence-electron chi connectivity index (χ1n) is 5.94. The van der Waals surface area contributed by atoms with Crippen LogP contribution in [0.1, 0.15) is 17.3 Å². The number of aromatic nitrogens is 1. The fourth-order valence-corrected chi connectivity index (χ4v) is 2.46. The average Bonchev–Trinajstić information content (AvgIpc) is 2.71. The van der Waals surface area contributed by atoms with E-state index >= 15 is 0 Å². The van der Waals surface area contributed by atoms with Crippen molar-refractivity contribution in [1.82, 2.24) is 9.88 Å². The predicted molar refractivity (Wildman–Crippen MR) is 68.5 cm³/mol. The standard InChI is InChI=1S/C13H19N3O/c1-10-7-16(8-12(10)15(2)3)13-5-4-11(9-17)6-14-13/h4-6,9-10,12H,7-8H2,1-3H3. The number of pyridine rings is 1.